The van der Waals surface area contributed by atoms with Crippen LogP contribution in [0.2, 0.25) is 0 Å². The summed E-state index contributed by atoms with van der Waals surface area (Å²) >= 11 is 0. The molecule has 1 saturated carbocycles. The van der Waals surface area contributed by atoms with Gasteiger partial charge in [-0.1, -0.05) is 24.3 Å². The van der Waals surface area contributed by atoms with E-state index in [1.807, 2.05) is 18.2 Å². The molecule has 15 heavy (non-hydrogen) atoms. The molecule has 0 bridgehead atoms. The van der Waals surface area contributed by atoms with E-state index in [4.69, 9.17) is 0 Å². The summed E-state index contributed by atoms with van der Waals surface area (Å²) in [7, 11) is 0. The van der Waals surface area contributed by atoms with Crippen LogP contribution in [0.4, 0.5) is 0 Å². The van der Waals surface area contributed by atoms with Gasteiger partial charge in [0.05, 0.1) is 11.7 Å². The molecule has 2 heteroatoms. The van der Waals surface area contributed by atoms with E-state index in [9.17, 15) is 10.2 Å². The van der Waals surface area contributed by atoms with Crippen molar-refractivity contribution in [2.24, 2.45) is 0 Å². The van der Waals surface area contributed by atoms with Crippen LogP contribution in [0, 0.1) is 0 Å². The topological polar surface area (TPSA) is 40.5 Å². The van der Waals surface area contributed by atoms with Gasteiger partial charge in [0.2, 0.25) is 0 Å². The zero-order valence-corrected chi connectivity index (χ0v) is 9.11. The zero-order valence-electron chi connectivity index (χ0n) is 9.11. The second kappa shape index (κ2) is 3.95. The van der Waals surface area contributed by atoms with Crippen molar-refractivity contribution in [2.45, 2.75) is 44.3 Å². The van der Waals surface area contributed by atoms with Crippen LogP contribution in [0.5, 0.6) is 0 Å². The number of aliphatic hydroxyl groups excluding tert-OH is 1. The third-order valence-corrected chi connectivity index (χ3v) is 2.88. The third-order valence-electron chi connectivity index (χ3n) is 2.88. The van der Waals surface area contributed by atoms with Gasteiger partial charge in [0, 0.05) is 6.42 Å². The Kier molecular flexibility index (Phi) is 2.81. The van der Waals surface area contributed by atoms with Gasteiger partial charge in [-0.05, 0) is 37.3 Å². The van der Waals surface area contributed by atoms with E-state index < -0.39 is 5.60 Å². The van der Waals surface area contributed by atoms with Crippen molar-refractivity contribution < 1.29 is 10.2 Å². The highest BCUT2D eigenvalue weighted by Crippen LogP contribution is 2.38. The van der Waals surface area contributed by atoms with Gasteiger partial charge in [-0.15, -0.1) is 0 Å². The molecule has 0 saturated heterocycles. The summed E-state index contributed by atoms with van der Waals surface area (Å²) < 4.78 is 0. The van der Waals surface area contributed by atoms with E-state index in [2.05, 4.69) is 6.07 Å². The standard InChI is InChI=1S/C13H18O2/c1-10(14)7-11-3-2-4-12(8-11)9-13(15)5-6-13/h2-4,8,10,14-15H,5-7,9H2,1H3. The molecule has 1 aromatic carbocycles. The van der Waals surface area contributed by atoms with Crippen LogP contribution in [0.25, 0.3) is 0 Å². The second-order valence-electron chi connectivity index (χ2n) is 4.77. The Labute approximate surface area is 90.6 Å². The fourth-order valence-electron chi connectivity index (χ4n) is 1.91. The van der Waals surface area contributed by atoms with Gasteiger partial charge in [-0.3, -0.25) is 0 Å². The van der Waals surface area contributed by atoms with Gasteiger partial charge in [0.1, 0.15) is 0 Å². The molecule has 1 aliphatic carbocycles. The molecule has 2 nitrogen and oxygen atoms in total. The summed E-state index contributed by atoms with van der Waals surface area (Å²) in [5.74, 6) is 0. The molecule has 2 rings (SSSR count). The average Bonchev–Trinajstić information content (AvgIpc) is 2.82. The minimum Gasteiger partial charge on any atom is -0.393 e. The number of hydrogen-bond donors (Lipinski definition) is 2. The van der Waals surface area contributed by atoms with Gasteiger partial charge in [0.25, 0.3) is 0 Å². The van der Waals surface area contributed by atoms with Crippen LogP contribution >= 0.6 is 0 Å². The molecule has 0 radical (unpaired) electrons. The second-order valence-corrected chi connectivity index (χ2v) is 4.77. The van der Waals surface area contributed by atoms with Crippen LogP contribution < -0.4 is 0 Å². The molecule has 1 unspecified atom stereocenters. The monoisotopic (exact) mass is 206 g/mol. The molecule has 1 aromatic rings. The van der Waals surface area contributed by atoms with E-state index >= 15 is 0 Å². The lowest BCUT2D eigenvalue weighted by Crippen LogP contribution is -2.11. The molecule has 1 atom stereocenters. The summed E-state index contributed by atoms with van der Waals surface area (Å²) in [4.78, 5) is 0. The highest BCUT2D eigenvalue weighted by Gasteiger charge is 2.39. The molecule has 82 valence electrons. The molecular formula is C13H18O2. The highest BCUT2D eigenvalue weighted by atomic mass is 16.3. The molecule has 0 amide bonds. The summed E-state index contributed by atoms with van der Waals surface area (Å²) in [6, 6.07) is 8.15. The van der Waals surface area contributed by atoms with E-state index in [0.717, 1.165) is 24.8 Å². The Morgan fingerprint density at radius 2 is 2.00 bits per heavy atom. The molecule has 1 aliphatic rings. The van der Waals surface area contributed by atoms with Crippen molar-refractivity contribution in [3.63, 3.8) is 0 Å². The SMILES string of the molecule is CC(O)Cc1cccc(CC2(O)CC2)c1. The average molecular weight is 206 g/mol. The predicted octanol–water partition coefficient (Wildman–Crippen LogP) is 1.68. The van der Waals surface area contributed by atoms with Crippen molar-refractivity contribution in [1.82, 2.24) is 0 Å². The first-order valence-electron chi connectivity index (χ1n) is 5.56. The Morgan fingerprint density at radius 3 is 2.60 bits per heavy atom. The number of rotatable bonds is 4. The van der Waals surface area contributed by atoms with E-state index in [0.29, 0.717) is 6.42 Å². The van der Waals surface area contributed by atoms with E-state index in [1.165, 1.54) is 5.56 Å². The van der Waals surface area contributed by atoms with Crippen molar-refractivity contribution >= 4 is 0 Å². The fourth-order valence-corrected chi connectivity index (χ4v) is 1.91. The summed E-state index contributed by atoms with van der Waals surface area (Å²) in [6.07, 6.45) is 2.98. The minimum atomic E-state index is -0.427. The predicted molar refractivity (Wildman–Crippen MR) is 59.7 cm³/mol. The first-order chi connectivity index (χ1) is 7.07. The van der Waals surface area contributed by atoms with Crippen LogP contribution in [0.1, 0.15) is 30.9 Å². The van der Waals surface area contributed by atoms with Gasteiger partial charge >= 0.3 is 0 Å². The minimum absolute atomic E-state index is 0.302. The molecule has 0 spiro atoms. The zero-order chi connectivity index (χ0) is 10.9. The van der Waals surface area contributed by atoms with Crippen LogP contribution in [0.3, 0.4) is 0 Å². The lowest BCUT2D eigenvalue weighted by atomic mass is 10.0. The quantitative estimate of drug-likeness (QED) is 0.787. The maximum atomic E-state index is 9.81. The molecule has 2 N–H and O–H groups in total. The van der Waals surface area contributed by atoms with Gasteiger partial charge in [-0.25, -0.2) is 0 Å². The van der Waals surface area contributed by atoms with Crippen LogP contribution in [0.15, 0.2) is 24.3 Å². The smallest absolute Gasteiger partial charge is 0.0690 e. The lowest BCUT2D eigenvalue weighted by molar-refractivity contribution is 0.151. The molecular weight excluding hydrogens is 188 g/mol. The van der Waals surface area contributed by atoms with Crippen LogP contribution in [-0.2, 0) is 12.8 Å². The maximum Gasteiger partial charge on any atom is 0.0690 e. The number of hydrogen-bond acceptors (Lipinski definition) is 2. The Bertz CT molecular complexity index is 340. The lowest BCUT2D eigenvalue weighted by Gasteiger charge is -2.10. The summed E-state index contributed by atoms with van der Waals surface area (Å²) in [5, 5.41) is 19.1. The molecule has 0 aromatic heterocycles. The van der Waals surface area contributed by atoms with Crippen molar-refractivity contribution in [2.75, 3.05) is 0 Å². The normalized spacial score (nSPS) is 19.9. The molecule has 0 heterocycles. The first-order valence-corrected chi connectivity index (χ1v) is 5.56. The van der Waals surface area contributed by atoms with Crippen LogP contribution in [-0.4, -0.2) is 21.9 Å². The largest absolute Gasteiger partial charge is 0.393 e. The Balaban J connectivity index is 2.05. The molecule has 1 fully saturated rings. The summed E-state index contributed by atoms with van der Waals surface area (Å²) in [5.41, 5.74) is 1.89. The van der Waals surface area contributed by atoms with Crippen molar-refractivity contribution in [3.05, 3.63) is 35.4 Å². The first kappa shape index (κ1) is 10.7. The Morgan fingerprint density at radius 1 is 1.33 bits per heavy atom. The number of aliphatic hydroxyl groups is 2. The fraction of sp³-hybridized carbons (Fsp3) is 0.538. The molecule has 0 aliphatic heterocycles. The third kappa shape index (κ3) is 3.05. The maximum absolute atomic E-state index is 9.81. The van der Waals surface area contributed by atoms with Crippen molar-refractivity contribution in [3.8, 4) is 0 Å². The van der Waals surface area contributed by atoms with Crippen molar-refractivity contribution in [1.29, 1.82) is 0 Å². The van der Waals surface area contributed by atoms with Gasteiger partial charge in [-0.2, -0.15) is 0 Å². The van der Waals surface area contributed by atoms with Gasteiger partial charge in [0.15, 0.2) is 0 Å². The van der Waals surface area contributed by atoms with Gasteiger partial charge < -0.3 is 10.2 Å². The summed E-state index contributed by atoms with van der Waals surface area (Å²) in [6.45, 7) is 1.79. The Hall–Kier alpha value is -0.860. The van der Waals surface area contributed by atoms with E-state index in [-0.39, 0.29) is 6.10 Å². The number of benzene rings is 1. The van der Waals surface area contributed by atoms with E-state index in [1.54, 1.807) is 6.92 Å². The highest BCUT2D eigenvalue weighted by molar-refractivity contribution is 5.26.